The fourth-order valence-electron chi connectivity index (χ4n) is 3.51. The quantitative estimate of drug-likeness (QED) is 0.453. The highest BCUT2D eigenvalue weighted by molar-refractivity contribution is 6.03. The molecule has 0 amide bonds. The molecule has 1 atom stereocenters. The monoisotopic (exact) mass is 399 g/mol. The summed E-state index contributed by atoms with van der Waals surface area (Å²) in [5.74, 6) is 6.57. The zero-order chi connectivity index (χ0) is 20.7. The van der Waals surface area contributed by atoms with Crippen LogP contribution in [0.15, 0.2) is 39.0 Å². The van der Waals surface area contributed by atoms with E-state index in [9.17, 15) is 9.59 Å². The topological polar surface area (TPSA) is 131 Å². The van der Waals surface area contributed by atoms with E-state index in [1.54, 1.807) is 18.7 Å². The molecule has 3 aromatic rings. The predicted octanol–water partition coefficient (Wildman–Crippen LogP) is -0.0789. The molecule has 0 radical (unpaired) electrons. The van der Waals surface area contributed by atoms with Gasteiger partial charge in [-0.2, -0.15) is 4.98 Å². The number of oxime groups is 1. The lowest BCUT2D eigenvalue weighted by Gasteiger charge is -2.13. The Morgan fingerprint density at radius 1 is 1.28 bits per heavy atom. The second-order valence-corrected chi connectivity index (χ2v) is 6.74. The highest BCUT2D eigenvalue weighted by Crippen LogP contribution is 2.26. The van der Waals surface area contributed by atoms with Crippen LogP contribution in [-0.4, -0.2) is 37.6 Å². The fourth-order valence-corrected chi connectivity index (χ4v) is 3.51. The zero-order valence-electron chi connectivity index (χ0n) is 16.2. The van der Waals surface area contributed by atoms with Gasteiger partial charge < -0.3 is 9.57 Å². The number of benzene rings is 1. The molecule has 11 heteroatoms. The SMILES string of the molecule is COc1ccccc1C1=NOC(Cn2c(NN)nc3c2c(=O)n(C)c(=O)n3C)C1. The molecule has 1 unspecified atom stereocenters. The van der Waals surface area contributed by atoms with Crippen LogP contribution < -0.4 is 27.3 Å². The molecule has 1 aromatic carbocycles. The van der Waals surface area contributed by atoms with Gasteiger partial charge in [-0.05, 0) is 12.1 Å². The van der Waals surface area contributed by atoms with Crippen molar-refractivity contribution in [3.05, 3.63) is 50.7 Å². The van der Waals surface area contributed by atoms with Crippen LogP contribution in [-0.2, 0) is 25.5 Å². The number of methoxy groups -OCH3 is 1. The average molecular weight is 399 g/mol. The molecule has 0 bridgehead atoms. The van der Waals surface area contributed by atoms with Gasteiger partial charge in [0.15, 0.2) is 17.3 Å². The molecule has 3 N–H and O–H groups in total. The summed E-state index contributed by atoms with van der Waals surface area (Å²) < 4.78 is 9.35. The van der Waals surface area contributed by atoms with Gasteiger partial charge in [-0.25, -0.2) is 10.6 Å². The van der Waals surface area contributed by atoms with Crippen molar-refractivity contribution in [1.29, 1.82) is 0 Å². The van der Waals surface area contributed by atoms with E-state index in [0.29, 0.717) is 12.2 Å². The van der Waals surface area contributed by atoms with Crippen molar-refractivity contribution >= 4 is 22.8 Å². The second-order valence-electron chi connectivity index (χ2n) is 6.74. The molecule has 1 aliphatic rings. The molecule has 0 saturated heterocycles. The number of fused-ring (bicyclic) bond motifs is 1. The second kappa shape index (κ2) is 7.09. The minimum Gasteiger partial charge on any atom is -0.496 e. The van der Waals surface area contributed by atoms with E-state index in [1.807, 2.05) is 24.3 Å². The van der Waals surface area contributed by atoms with Crippen molar-refractivity contribution in [2.45, 2.75) is 19.1 Å². The van der Waals surface area contributed by atoms with Gasteiger partial charge in [0.25, 0.3) is 5.56 Å². The Kier molecular flexibility index (Phi) is 4.59. The first-order valence-corrected chi connectivity index (χ1v) is 8.95. The van der Waals surface area contributed by atoms with E-state index < -0.39 is 11.2 Å². The maximum atomic E-state index is 12.7. The number of anilines is 1. The Morgan fingerprint density at radius 3 is 2.76 bits per heavy atom. The van der Waals surface area contributed by atoms with Crippen LogP contribution in [0.5, 0.6) is 5.75 Å². The summed E-state index contributed by atoms with van der Waals surface area (Å²) in [7, 11) is 4.58. The van der Waals surface area contributed by atoms with E-state index >= 15 is 0 Å². The standard InChI is InChI=1S/C18H21N7O4/c1-23-15-14(16(26)24(2)18(23)27)25(17(20-15)21-19)9-10-8-12(22-29-10)11-6-4-5-7-13(11)28-3/h4-7,10H,8-9,19H2,1-3H3,(H,20,21). The maximum absolute atomic E-state index is 12.7. The third-order valence-electron chi connectivity index (χ3n) is 5.01. The highest BCUT2D eigenvalue weighted by Gasteiger charge is 2.27. The summed E-state index contributed by atoms with van der Waals surface area (Å²) in [5, 5.41) is 4.20. The normalized spacial score (nSPS) is 16.0. The van der Waals surface area contributed by atoms with Crippen molar-refractivity contribution in [2.75, 3.05) is 12.5 Å². The number of nitrogens with two attached hydrogens (primary N) is 1. The van der Waals surface area contributed by atoms with Gasteiger partial charge >= 0.3 is 5.69 Å². The van der Waals surface area contributed by atoms with Gasteiger partial charge in [-0.3, -0.25) is 23.9 Å². The molecule has 0 saturated carbocycles. The molecular formula is C18H21N7O4. The summed E-state index contributed by atoms with van der Waals surface area (Å²) in [6, 6.07) is 7.55. The average Bonchev–Trinajstić information content (AvgIpc) is 3.35. The first kappa shape index (κ1) is 18.7. The molecule has 3 heterocycles. The molecule has 0 fully saturated rings. The van der Waals surface area contributed by atoms with E-state index in [0.717, 1.165) is 15.8 Å². The summed E-state index contributed by atoms with van der Waals surface area (Å²) in [6.45, 7) is 0.269. The number of imidazole rings is 1. The number of nitrogen functional groups attached to an aromatic ring is 1. The van der Waals surface area contributed by atoms with Crippen LogP contribution in [0.3, 0.4) is 0 Å². The van der Waals surface area contributed by atoms with Crippen LogP contribution in [0.25, 0.3) is 11.2 Å². The minimum atomic E-state index is -0.463. The number of hydrazine groups is 1. The number of nitrogens with one attached hydrogen (secondary N) is 1. The Bertz CT molecular complexity index is 1240. The van der Waals surface area contributed by atoms with E-state index in [2.05, 4.69) is 15.6 Å². The minimum absolute atomic E-state index is 0.245. The number of hydrogen-bond acceptors (Lipinski definition) is 8. The van der Waals surface area contributed by atoms with Gasteiger partial charge in [0, 0.05) is 26.1 Å². The van der Waals surface area contributed by atoms with Crippen LogP contribution >= 0.6 is 0 Å². The van der Waals surface area contributed by atoms with Crippen LogP contribution in [0.1, 0.15) is 12.0 Å². The predicted molar refractivity (Wildman–Crippen MR) is 107 cm³/mol. The molecule has 11 nitrogen and oxygen atoms in total. The summed E-state index contributed by atoms with van der Waals surface area (Å²) in [6.07, 6.45) is 0.164. The van der Waals surface area contributed by atoms with Gasteiger partial charge in [0.2, 0.25) is 5.95 Å². The lowest BCUT2D eigenvalue weighted by molar-refractivity contribution is 0.0737. The van der Waals surface area contributed by atoms with Crippen molar-refractivity contribution in [3.63, 3.8) is 0 Å². The van der Waals surface area contributed by atoms with Crippen molar-refractivity contribution in [1.82, 2.24) is 18.7 Å². The number of para-hydroxylation sites is 1. The van der Waals surface area contributed by atoms with Crippen LogP contribution in [0.4, 0.5) is 5.95 Å². The van der Waals surface area contributed by atoms with Crippen molar-refractivity contribution < 1.29 is 9.57 Å². The molecule has 1 aliphatic heterocycles. The molecular weight excluding hydrogens is 378 g/mol. The summed E-state index contributed by atoms with van der Waals surface area (Å²) in [4.78, 5) is 34.8. The van der Waals surface area contributed by atoms with Gasteiger partial charge in [-0.1, -0.05) is 17.3 Å². The fraction of sp³-hybridized carbons (Fsp3) is 0.333. The molecule has 4 rings (SSSR count). The van der Waals surface area contributed by atoms with Crippen LogP contribution in [0.2, 0.25) is 0 Å². The highest BCUT2D eigenvalue weighted by atomic mass is 16.6. The van der Waals surface area contributed by atoms with Gasteiger partial charge in [0.1, 0.15) is 5.75 Å². The third kappa shape index (κ3) is 2.95. The zero-order valence-corrected chi connectivity index (χ0v) is 16.2. The molecule has 2 aromatic heterocycles. The summed E-state index contributed by atoms with van der Waals surface area (Å²) in [5.41, 5.74) is 3.67. The Labute approximate surface area is 164 Å². The van der Waals surface area contributed by atoms with E-state index in [-0.39, 0.29) is 29.8 Å². The first-order chi connectivity index (χ1) is 14.0. The number of hydrogen-bond donors (Lipinski definition) is 2. The third-order valence-corrected chi connectivity index (χ3v) is 5.01. The maximum Gasteiger partial charge on any atom is 0.332 e. The largest absolute Gasteiger partial charge is 0.496 e. The molecule has 29 heavy (non-hydrogen) atoms. The smallest absolute Gasteiger partial charge is 0.332 e. The lowest BCUT2D eigenvalue weighted by Crippen LogP contribution is -2.38. The number of aromatic nitrogens is 4. The summed E-state index contributed by atoms with van der Waals surface area (Å²) >= 11 is 0. The van der Waals surface area contributed by atoms with E-state index in [1.165, 1.54) is 11.6 Å². The Morgan fingerprint density at radius 2 is 2.03 bits per heavy atom. The molecule has 0 spiro atoms. The van der Waals surface area contributed by atoms with Crippen LogP contribution in [0, 0.1) is 0 Å². The van der Waals surface area contributed by atoms with Crippen molar-refractivity contribution in [3.8, 4) is 5.75 Å². The number of nitrogens with zero attached hydrogens (tertiary/aromatic N) is 5. The van der Waals surface area contributed by atoms with Gasteiger partial charge in [0.05, 0.1) is 19.4 Å². The van der Waals surface area contributed by atoms with Gasteiger partial charge in [-0.15, -0.1) is 0 Å². The number of rotatable bonds is 5. The van der Waals surface area contributed by atoms with E-state index in [4.69, 9.17) is 15.4 Å². The Balaban J connectivity index is 1.69. The number of aryl methyl sites for hydroxylation is 1. The first-order valence-electron chi connectivity index (χ1n) is 8.95. The molecule has 0 aliphatic carbocycles. The molecule has 152 valence electrons. The van der Waals surface area contributed by atoms with Crippen molar-refractivity contribution in [2.24, 2.45) is 25.1 Å². The Hall–Kier alpha value is -3.60. The lowest BCUT2D eigenvalue weighted by atomic mass is 10.0. The number of ether oxygens (including phenoxy) is 1.